The molecule has 7 heteroatoms. The fourth-order valence-electron chi connectivity index (χ4n) is 2.14. The second kappa shape index (κ2) is 10.0. The molecular formula is C20H24N4O3. The first-order chi connectivity index (χ1) is 13.1. The van der Waals surface area contributed by atoms with Crippen LogP contribution < -0.4 is 14.9 Å². The summed E-state index contributed by atoms with van der Waals surface area (Å²) in [6.45, 7) is 10.7. The zero-order valence-electron chi connectivity index (χ0n) is 15.9. The number of oxazole rings is 1. The van der Waals surface area contributed by atoms with Crippen LogP contribution in [0.25, 0.3) is 5.57 Å². The largest absolute Gasteiger partial charge is 0.490 e. The fraction of sp³-hybridized carbons (Fsp3) is 0.350. The van der Waals surface area contributed by atoms with E-state index in [9.17, 15) is 0 Å². The molecule has 2 aromatic rings. The van der Waals surface area contributed by atoms with Crippen molar-refractivity contribution in [2.45, 2.75) is 33.6 Å². The van der Waals surface area contributed by atoms with Gasteiger partial charge in [-0.25, -0.2) is 5.43 Å². The van der Waals surface area contributed by atoms with Crippen molar-refractivity contribution in [2.24, 2.45) is 5.10 Å². The highest BCUT2D eigenvalue weighted by Gasteiger charge is 2.12. The Labute approximate surface area is 159 Å². The van der Waals surface area contributed by atoms with Gasteiger partial charge in [0.05, 0.1) is 19.4 Å². The summed E-state index contributed by atoms with van der Waals surface area (Å²) in [6, 6.07) is 7.54. The number of hydrogen-bond acceptors (Lipinski definition) is 7. The van der Waals surface area contributed by atoms with Crippen LogP contribution in [0.15, 0.2) is 34.3 Å². The minimum absolute atomic E-state index is 0.125. The highest BCUT2D eigenvalue weighted by Crippen LogP contribution is 2.28. The molecule has 1 aromatic heterocycles. The number of benzene rings is 1. The van der Waals surface area contributed by atoms with Crippen LogP contribution in [0.1, 0.15) is 50.8 Å². The Kier molecular flexibility index (Phi) is 7.44. The van der Waals surface area contributed by atoms with Crippen molar-refractivity contribution in [3.63, 3.8) is 0 Å². The lowest BCUT2D eigenvalue weighted by molar-refractivity contribution is 0.272. The lowest BCUT2D eigenvalue weighted by atomic mass is 10.2. The summed E-state index contributed by atoms with van der Waals surface area (Å²) in [5, 5.41) is 13.2. The quantitative estimate of drug-likeness (QED) is 0.374. The number of allylic oxidation sites excluding steroid dienone is 1. The lowest BCUT2D eigenvalue weighted by Crippen LogP contribution is -2.01. The van der Waals surface area contributed by atoms with Crippen LogP contribution >= 0.6 is 0 Å². The lowest BCUT2D eigenvalue weighted by Gasteiger charge is -2.12. The van der Waals surface area contributed by atoms with E-state index in [4.69, 9.17) is 19.2 Å². The molecule has 1 N–H and O–H groups in total. The van der Waals surface area contributed by atoms with Gasteiger partial charge in [-0.1, -0.05) is 19.9 Å². The second-order valence-corrected chi connectivity index (χ2v) is 5.80. The Balaban J connectivity index is 2.11. The van der Waals surface area contributed by atoms with E-state index in [1.165, 1.54) is 0 Å². The maximum absolute atomic E-state index is 9.12. The molecule has 0 unspecified atom stereocenters. The Hall–Kier alpha value is -3.27. The normalized spacial score (nSPS) is 10.6. The van der Waals surface area contributed by atoms with Gasteiger partial charge in [-0.05, 0) is 44.0 Å². The predicted molar refractivity (Wildman–Crippen MR) is 105 cm³/mol. The number of unbranched alkanes of at least 4 members (excludes halogenated alkanes) is 1. The maximum atomic E-state index is 9.12. The number of rotatable bonds is 10. The van der Waals surface area contributed by atoms with E-state index >= 15 is 0 Å². The van der Waals surface area contributed by atoms with Gasteiger partial charge in [0.2, 0.25) is 11.6 Å². The van der Waals surface area contributed by atoms with Crippen LogP contribution in [0.5, 0.6) is 11.5 Å². The standard InChI is InChI=1S/C20H24N4O3/c1-5-7-10-26-17-9-8-15(11-18(17)25-6-2)13-22-24-20-16(12-21)23-19(27-20)14(3)4/h8-9,11,13,24H,3,5-7,10H2,1-2,4H3/b22-13-. The number of nitrogens with one attached hydrogen (secondary N) is 1. The molecule has 0 aliphatic carbocycles. The van der Waals surface area contributed by atoms with Gasteiger partial charge in [-0.3, -0.25) is 0 Å². The monoisotopic (exact) mass is 368 g/mol. The van der Waals surface area contributed by atoms with Gasteiger partial charge in [0.1, 0.15) is 6.07 Å². The van der Waals surface area contributed by atoms with Gasteiger partial charge < -0.3 is 13.9 Å². The van der Waals surface area contributed by atoms with Crippen LogP contribution in [0.2, 0.25) is 0 Å². The topological polar surface area (TPSA) is 92.7 Å². The van der Waals surface area contributed by atoms with Gasteiger partial charge in [0.15, 0.2) is 11.5 Å². The van der Waals surface area contributed by atoms with Crippen molar-refractivity contribution < 1.29 is 13.9 Å². The first-order valence-electron chi connectivity index (χ1n) is 8.84. The first-order valence-corrected chi connectivity index (χ1v) is 8.84. The predicted octanol–water partition coefficient (Wildman–Crippen LogP) is 4.60. The van der Waals surface area contributed by atoms with Crippen LogP contribution in [-0.2, 0) is 0 Å². The Morgan fingerprint density at radius 3 is 2.85 bits per heavy atom. The number of aromatic nitrogens is 1. The Bertz CT molecular complexity index is 849. The zero-order chi connectivity index (χ0) is 19.6. The number of hydrogen-bond donors (Lipinski definition) is 1. The van der Waals surface area contributed by atoms with Gasteiger partial charge in [-0.2, -0.15) is 15.3 Å². The van der Waals surface area contributed by atoms with E-state index in [1.54, 1.807) is 13.1 Å². The number of anilines is 1. The summed E-state index contributed by atoms with van der Waals surface area (Å²) < 4.78 is 16.9. The molecule has 7 nitrogen and oxygen atoms in total. The zero-order valence-corrected chi connectivity index (χ0v) is 15.9. The van der Waals surface area contributed by atoms with Gasteiger partial charge in [0, 0.05) is 5.57 Å². The number of nitriles is 1. The second-order valence-electron chi connectivity index (χ2n) is 5.80. The average Bonchev–Trinajstić information content (AvgIpc) is 3.07. The third-order valence-electron chi connectivity index (χ3n) is 3.50. The summed E-state index contributed by atoms with van der Waals surface area (Å²) in [5.41, 5.74) is 4.27. The van der Waals surface area contributed by atoms with Crippen molar-refractivity contribution in [2.75, 3.05) is 18.6 Å². The van der Waals surface area contributed by atoms with Crippen molar-refractivity contribution in [1.29, 1.82) is 5.26 Å². The van der Waals surface area contributed by atoms with E-state index in [-0.39, 0.29) is 11.6 Å². The molecule has 1 aromatic carbocycles. The first kappa shape index (κ1) is 20.0. The third-order valence-corrected chi connectivity index (χ3v) is 3.50. The number of hydrazone groups is 1. The Morgan fingerprint density at radius 1 is 1.37 bits per heavy atom. The number of ether oxygens (including phenoxy) is 2. The van der Waals surface area contributed by atoms with Gasteiger partial charge in [-0.15, -0.1) is 0 Å². The summed E-state index contributed by atoms with van der Waals surface area (Å²) in [7, 11) is 0. The highest BCUT2D eigenvalue weighted by atomic mass is 16.5. The molecule has 0 bridgehead atoms. The fourth-order valence-corrected chi connectivity index (χ4v) is 2.14. The van der Waals surface area contributed by atoms with Crippen molar-refractivity contribution >= 4 is 17.7 Å². The molecule has 0 spiro atoms. The SMILES string of the molecule is C=C(C)c1nc(C#N)c(N/N=C\c2ccc(OCCCC)c(OCC)c2)o1. The van der Waals surface area contributed by atoms with Crippen LogP contribution in [0.4, 0.5) is 5.88 Å². The molecular weight excluding hydrogens is 344 g/mol. The maximum Gasteiger partial charge on any atom is 0.252 e. The van der Waals surface area contributed by atoms with Crippen molar-refractivity contribution in [3.8, 4) is 17.6 Å². The summed E-state index contributed by atoms with van der Waals surface area (Å²) in [4.78, 5) is 4.04. The van der Waals surface area contributed by atoms with E-state index in [0.717, 1.165) is 18.4 Å². The molecule has 0 amide bonds. The molecule has 142 valence electrons. The van der Waals surface area contributed by atoms with E-state index in [2.05, 4.69) is 29.0 Å². The molecule has 0 atom stereocenters. The summed E-state index contributed by atoms with van der Waals surface area (Å²) in [5.74, 6) is 1.86. The molecule has 27 heavy (non-hydrogen) atoms. The smallest absolute Gasteiger partial charge is 0.252 e. The minimum atomic E-state index is 0.125. The third kappa shape index (κ3) is 5.61. The molecule has 1 heterocycles. The van der Waals surface area contributed by atoms with E-state index in [0.29, 0.717) is 36.2 Å². The van der Waals surface area contributed by atoms with Crippen LogP contribution in [0, 0.1) is 11.3 Å². The van der Waals surface area contributed by atoms with E-state index in [1.807, 2.05) is 31.2 Å². The molecule has 0 saturated carbocycles. The van der Waals surface area contributed by atoms with Crippen LogP contribution in [-0.4, -0.2) is 24.4 Å². The highest BCUT2D eigenvalue weighted by molar-refractivity contribution is 5.81. The molecule has 2 rings (SSSR count). The summed E-state index contributed by atoms with van der Waals surface area (Å²) >= 11 is 0. The Morgan fingerprint density at radius 2 is 2.19 bits per heavy atom. The number of nitrogens with zero attached hydrogens (tertiary/aromatic N) is 3. The van der Waals surface area contributed by atoms with Crippen LogP contribution in [0.3, 0.4) is 0 Å². The van der Waals surface area contributed by atoms with Gasteiger partial charge in [0.25, 0.3) is 5.88 Å². The molecule has 0 fully saturated rings. The summed E-state index contributed by atoms with van der Waals surface area (Å²) in [6.07, 6.45) is 3.66. The van der Waals surface area contributed by atoms with Crippen molar-refractivity contribution in [3.05, 3.63) is 41.9 Å². The molecule has 0 radical (unpaired) electrons. The van der Waals surface area contributed by atoms with E-state index < -0.39 is 0 Å². The molecule has 0 aliphatic rings. The van der Waals surface area contributed by atoms with Crippen molar-refractivity contribution in [1.82, 2.24) is 4.98 Å². The molecule has 0 aliphatic heterocycles. The van der Waals surface area contributed by atoms with Gasteiger partial charge >= 0.3 is 0 Å². The minimum Gasteiger partial charge on any atom is -0.490 e. The molecule has 0 saturated heterocycles. The average molecular weight is 368 g/mol.